The molecule has 0 spiro atoms. The van der Waals surface area contributed by atoms with Gasteiger partial charge in [-0.2, -0.15) is 0 Å². The lowest BCUT2D eigenvalue weighted by molar-refractivity contribution is -0.129. The first kappa shape index (κ1) is 23.1. The van der Waals surface area contributed by atoms with Crippen LogP contribution in [0.15, 0.2) is 53.3 Å². The van der Waals surface area contributed by atoms with Crippen molar-refractivity contribution in [3.05, 3.63) is 58.8 Å². The fraction of sp³-hybridized carbons (Fsp3) is 0.391. The minimum atomic E-state index is -0.377. The van der Waals surface area contributed by atoms with Gasteiger partial charge in [-0.1, -0.05) is 0 Å². The largest absolute Gasteiger partial charge is 0.398 e. The average Bonchev–Trinajstić information content (AvgIpc) is 3.63. The van der Waals surface area contributed by atoms with Gasteiger partial charge in [-0.15, -0.1) is 0 Å². The van der Waals surface area contributed by atoms with Crippen molar-refractivity contribution in [3.8, 4) is 0 Å². The van der Waals surface area contributed by atoms with Gasteiger partial charge in [0.05, 0.1) is 6.54 Å². The van der Waals surface area contributed by atoms with Crippen LogP contribution in [0.2, 0.25) is 0 Å². The summed E-state index contributed by atoms with van der Waals surface area (Å²) >= 11 is 0. The van der Waals surface area contributed by atoms with Crippen LogP contribution >= 0.6 is 0 Å². The zero-order valence-corrected chi connectivity index (χ0v) is 18.5. The number of hydrogen-bond donors (Lipinski definition) is 3. The van der Waals surface area contributed by atoms with Crippen LogP contribution in [0.3, 0.4) is 0 Å². The van der Waals surface area contributed by atoms with E-state index in [9.17, 15) is 14.4 Å². The summed E-state index contributed by atoms with van der Waals surface area (Å²) in [7, 11) is 1.74. The molecule has 1 aliphatic heterocycles. The van der Waals surface area contributed by atoms with Crippen LogP contribution in [0.1, 0.15) is 38.2 Å². The van der Waals surface area contributed by atoms with E-state index < -0.39 is 0 Å². The number of nitrogens with two attached hydrogens (primary N) is 2. The highest BCUT2D eigenvalue weighted by Gasteiger charge is 2.35. The molecule has 32 heavy (non-hydrogen) atoms. The number of aromatic nitrogens is 1. The summed E-state index contributed by atoms with van der Waals surface area (Å²) in [6, 6.07) is 3.82. The fourth-order valence-electron chi connectivity index (χ4n) is 3.70. The lowest BCUT2D eigenvalue weighted by atomic mass is 10.0. The normalized spacial score (nSPS) is 17.6. The minimum absolute atomic E-state index is 0.0771. The maximum Gasteiger partial charge on any atom is 0.270 e. The van der Waals surface area contributed by atoms with E-state index in [2.05, 4.69) is 10.3 Å². The second-order valence-corrected chi connectivity index (χ2v) is 8.15. The number of aldehydes is 1. The van der Waals surface area contributed by atoms with Gasteiger partial charge in [0.2, 0.25) is 5.91 Å². The molecule has 2 amide bonds. The number of pyridine rings is 1. The van der Waals surface area contributed by atoms with E-state index in [0.29, 0.717) is 41.9 Å². The number of allylic oxidation sites excluding steroid dienone is 3. The van der Waals surface area contributed by atoms with E-state index >= 15 is 0 Å². The summed E-state index contributed by atoms with van der Waals surface area (Å²) in [5.74, 6) is -0.453. The Morgan fingerprint density at radius 1 is 1.34 bits per heavy atom. The number of hydrogen-bond acceptors (Lipinski definition) is 7. The predicted molar refractivity (Wildman–Crippen MR) is 121 cm³/mol. The molecule has 2 aliphatic rings. The molecule has 0 saturated heterocycles. The molecule has 0 bridgehead atoms. The maximum absolute atomic E-state index is 13.0. The summed E-state index contributed by atoms with van der Waals surface area (Å²) in [6.07, 6.45) is 8.75. The maximum atomic E-state index is 13.0. The van der Waals surface area contributed by atoms with Crippen LogP contribution < -0.4 is 16.8 Å². The van der Waals surface area contributed by atoms with Crippen LogP contribution in [0.5, 0.6) is 0 Å². The molecule has 0 unspecified atom stereocenters. The third-order valence-corrected chi connectivity index (χ3v) is 5.64. The van der Waals surface area contributed by atoms with Crippen molar-refractivity contribution in [3.63, 3.8) is 0 Å². The van der Waals surface area contributed by atoms with Crippen molar-refractivity contribution in [1.82, 2.24) is 20.1 Å². The fourth-order valence-corrected chi connectivity index (χ4v) is 3.70. The third-order valence-electron chi connectivity index (χ3n) is 5.64. The molecule has 0 radical (unpaired) electrons. The molecule has 170 valence electrons. The Morgan fingerprint density at radius 3 is 2.72 bits per heavy atom. The van der Waals surface area contributed by atoms with Gasteiger partial charge in [-0.25, -0.2) is 0 Å². The van der Waals surface area contributed by atoms with Gasteiger partial charge < -0.3 is 26.6 Å². The third kappa shape index (κ3) is 5.54. The van der Waals surface area contributed by atoms with Gasteiger partial charge in [0.25, 0.3) is 5.91 Å². The molecule has 9 nitrogen and oxygen atoms in total. The highest BCUT2D eigenvalue weighted by molar-refractivity contribution is 5.99. The van der Waals surface area contributed by atoms with Crippen LogP contribution in [0.25, 0.3) is 5.70 Å². The molecule has 1 aromatic heterocycles. The van der Waals surface area contributed by atoms with Crippen LogP contribution in [0, 0.1) is 0 Å². The second kappa shape index (κ2) is 10.1. The highest BCUT2D eigenvalue weighted by atomic mass is 16.2. The van der Waals surface area contributed by atoms with Crippen molar-refractivity contribution >= 4 is 23.8 Å². The first-order valence-corrected chi connectivity index (χ1v) is 10.7. The summed E-state index contributed by atoms with van der Waals surface area (Å²) in [6.45, 7) is 2.22. The monoisotopic (exact) mass is 438 g/mol. The molecule has 1 aromatic rings. The Balaban J connectivity index is 1.70. The van der Waals surface area contributed by atoms with Gasteiger partial charge in [-0.05, 0) is 56.4 Å². The molecule has 0 aromatic carbocycles. The quantitative estimate of drug-likeness (QED) is 0.405. The molecule has 9 heteroatoms. The van der Waals surface area contributed by atoms with Crippen LogP contribution in [-0.4, -0.2) is 59.1 Å². The summed E-state index contributed by atoms with van der Waals surface area (Å²) in [5, 5.41) is 2.64. The zero-order chi connectivity index (χ0) is 23.3. The molecule has 1 saturated carbocycles. The number of carbonyl (C=O) groups excluding carboxylic acids is 3. The highest BCUT2D eigenvalue weighted by Crippen LogP contribution is 2.29. The van der Waals surface area contributed by atoms with Crippen LogP contribution in [-0.2, 0) is 14.4 Å². The van der Waals surface area contributed by atoms with E-state index in [0.717, 1.165) is 24.7 Å². The van der Waals surface area contributed by atoms with E-state index in [1.54, 1.807) is 48.3 Å². The first-order valence-electron chi connectivity index (χ1n) is 10.7. The number of likely N-dealkylation sites (N-methyl/N-ethyl adjacent to an activating group) is 1. The Labute approximate surface area is 187 Å². The molecule has 0 atom stereocenters. The Kier molecular flexibility index (Phi) is 7.29. The zero-order valence-electron chi connectivity index (χ0n) is 18.5. The smallest absolute Gasteiger partial charge is 0.270 e. The topological polar surface area (TPSA) is 135 Å². The van der Waals surface area contributed by atoms with E-state index in [-0.39, 0.29) is 30.2 Å². The molecule has 1 fully saturated rings. The lowest BCUT2D eigenvalue weighted by Crippen LogP contribution is -2.45. The number of rotatable bonds is 8. The summed E-state index contributed by atoms with van der Waals surface area (Å²) in [5.41, 5.74) is 14.8. The Hall–Kier alpha value is -3.62. The Morgan fingerprint density at radius 2 is 2.09 bits per heavy atom. The van der Waals surface area contributed by atoms with E-state index in [4.69, 9.17) is 11.5 Å². The first-order chi connectivity index (χ1) is 15.3. The van der Waals surface area contributed by atoms with Gasteiger partial charge in [0.1, 0.15) is 17.8 Å². The Bertz CT molecular complexity index is 979. The SMILES string of the molecule is CC(/C=C(\N)NC(=O)CN1CCCC(C=O)=C1C(=O)N(C)C1CC1)=C(/N)c1cccnc1. The second-order valence-electron chi connectivity index (χ2n) is 8.15. The standard InChI is InChI=1S/C23H30N6O3/c1-15(21(25)16-5-3-9-26-12-16)11-19(24)27-20(31)13-29-10-4-6-17(14-30)22(29)23(32)28(2)18-7-8-18/h3,5,9,11-12,14,18H,4,6-8,10,13,24-25H2,1-2H3,(H,27,31)/b19-11+,21-15-. The van der Waals surface area contributed by atoms with Crippen molar-refractivity contribution in [2.24, 2.45) is 11.5 Å². The molecule has 1 aliphatic carbocycles. The van der Waals surface area contributed by atoms with Crippen molar-refractivity contribution < 1.29 is 14.4 Å². The number of nitrogens with one attached hydrogen (secondary N) is 1. The predicted octanol–water partition coefficient (Wildman–Crippen LogP) is 0.857. The molecule has 5 N–H and O–H groups in total. The molecule has 2 heterocycles. The number of carbonyl (C=O) groups is 3. The molecular weight excluding hydrogens is 408 g/mol. The number of nitrogens with zero attached hydrogens (tertiary/aromatic N) is 3. The lowest BCUT2D eigenvalue weighted by Gasteiger charge is -2.33. The minimum Gasteiger partial charge on any atom is -0.398 e. The summed E-state index contributed by atoms with van der Waals surface area (Å²) < 4.78 is 0. The summed E-state index contributed by atoms with van der Waals surface area (Å²) in [4.78, 5) is 44.6. The van der Waals surface area contributed by atoms with Gasteiger partial charge in [0, 0.05) is 48.9 Å². The van der Waals surface area contributed by atoms with E-state index in [1.165, 1.54) is 0 Å². The molecular formula is C23H30N6O3. The number of amides is 2. The van der Waals surface area contributed by atoms with Crippen LogP contribution in [0.4, 0.5) is 0 Å². The average molecular weight is 439 g/mol. The van der Waals surface area contributed by atoms with Gasteiger partial charge in [0.15, 0.2) is 0 Å². The molecule has 3 rings (SSSR count). The van der Waals surface area contributed by atoms with Gasteiger partial charge in [-0.3, -0.25) is 19.4 Å². The van der Waals surface area contributed by atoms with Crippen molar-refractivity contribution in [2.45, 2.75) is 38.6 Å². The van der Waals surface area contributed by atoms with Crippen molar-refractivity contribution in [1.29, 1.82) is 0 Å². The van der Waals surface area contributed by atoms with E-state index in [1.807, 2.05) is 6.07 Å². The van der Waals surface area contributed by atoms with Gasteiger partial charge >= 0.3 is 0 Å². The van der Waals surface area contributed by atoms with Crippen molar-refractivity contribution in [2.75, 3.05) is 20.1 Å².